The van der Waals surface area contributed by atoms with Crippen molar-refractivity contribution in [2.24, 2.45) is 0 Å². The van der Waals surface area contributed by atoms with Gasteiger partial charge in [0.05, 0.1) is 18.2 Å². The summed E-state index contributed by atoms with van der Waals surface area (Å²) in [6.45, 7) is -0.157. The van der Waals surface area contributed by atoms with Crippen molar-refractivity contribution >= 4 is 18.3 Å². The van der Waals surface area contributed by atoms with Gasteiger partial charge in [-0.2, -0.15) is 13.2 Å². The second-order valence-electron chi connectivity index (χ2n) is 5.54. The summed E-state index contributed by atoms with van der Waals surface area (Å²) in [5.74, 6) is -0.695. The van der Waals surface area contributed by atoms with Crippen LogP contribution < -0.4 is 15.4 Å². The lowest BCUT2D eigenvalue weighted by Gasteiger charge is -2.21. The van der Waals surface area contributed by atoms with E-state index in [-0.39, 0.29) is 36.9 Å². The van der Waals surface area contributed by atoms with Gasteiger partial charge in [0.1, 0.15) is 18.2 Å². The second kappa shape index (κ2) is 10.1. The summed E-state index contributed by atoms with van der Waals surface area (Å²) in [6, 6.07) is 9.16. The van der Waals surface area contributed by atoms with Gasteiger partial charge in [0.25, 0.3) is 0 Å². The highest BCUT2D eigenvalue weighted by atomic mass is 35.5. The topological polar surface area (TPSA) is 50.4 Å². The van der Waals surface area contributed by atoms with Gasteiger partial charge < -0.3 is 15.4 Å². The zero-order valence-corrected chi connectivity index (χ0v) is 15.2. The fourth-order valence-electron chi connectivity index (χ4n) is 2.30. The summed E-state index contributed by atoms with van der Waals surface area (Å²) in [4.78, 5) is 11.9. The second-order valence-corrected chi connectivity index (χ2v) is 5.54. The van der Waals surface area contributed by atoms with Gasteiger partial charge in [-0.15, -0.1) is 12.4 Å². The number of carbonyl (C=O) groups excluding carboxylic acids is 1. The van der Waals surface area contributed by atoms with Crippen molar-refractivity contribution in [1.29, 1.82) is 0 Å². The molecule has 0 spiro atoms. The number of ether oxygens (including phenoxy) is 1. The number of hydrogen-bond acceptors (Lipinski definition) is 3. The maximum Gasteiger partial charge on any atom is 0.416 e. The minimum absolute atomic E-state index is 0. The van der Waals surface area contributed by atoms with Gasteiger partial charge >= 0.3 is 6.18 Å². The van der Waals surface area contributed by atoms with Crippen LogP contribution in [0.4, 0.5) is 17.6 Å². The Labute approximate surface area is 160 Å². The highest BCUT2D eigenvalue weighted by molar-refractivity contribution is 5.85. The molecule has 0 bridgehead atoms. The summed E-state index contributed by atoms with van der Waals surface area (Å²) in [6.07, 6.45) is -4.50. The fourth-order valence-corrected chi connectivity index (χ4v) is 2.30. The quantitative estimate of drug-likeness (QED) is 0.689. The summed E-state index contributed by atoms with van der Waals surface area (Å²) in [5, 5.41) is 5.27. The summed E-state index contributed by atoms with van der Waals surface area (Å²) >= 11 is 0. The maximum atomic E-state index is 13.2. The van der Waals surface area contributed by atoms with Gasteiger partial charge in [-0.05, 0) is 36.9 Å². The Morgan fingerprint density at radius 2 is 1.85 bits per heavy atom. The highest BCUT2D eigenvalue weighted by Crippen LogP contribution is 2.31. The molecule has 148 valence electrons. The van der Waals surface area contributed by atoms with Crippen molar-refractivity contribution in [3.8, 4) is 5.75 Å². The molecule has 0 aliphatic rings. The Balaban J connectivity index is 0.00000364. The van der Waals surface area contributed by atoms with E-state index in [0.29, 0.717) is 0 Å². The van der Waals surface area contributed by atoms with Gasteiger partial charge in [-0.25, -0.2) is 4.39 Å². The van der Waals surface area contributed by atoms with Gasteiger partial charge in [0.2, 0.25) is 5.91 Å². The van der Waals surface area contributed by atoms with Crippen molar-refractivity contribution in [2.45, 2.75) is 12.2 Å². The number of benzene rings is 2. The fraction of sp³-hybridized carbons (Fsp3) is 0.278. The minimum Gasteiger partial charge on any atom is -0.491 e. The third-order valence-electron chi connectivity index (χ3n) is 3.50. The molecule has 2 aromatic carbocycles. The van der Waals surface area contributed by atoms with E-state index in [1.807, 2.05) is 0 Å². The SMILES string of the molecule is CNCC(=O)NC(COc1cccc(F)c1)c1cccc(C(F)(F)F)c1.Cl. The lowest BCUT2D eigenvalue weighted by Crippen LogP contribution is -2.37. The van der Waals surface area contributed by atoms with Gasteiger partial charge in [0.15, 0.2) is 0 Å². The molecule has 0 heterocycles. The first-order chi connectivity index (χ1) is 12.3. The largest absolute Gasteiger partial charge is 0.491 e. The molecule has 0 radical (unpaired) electrons. The first-order valence-corrected chi connectivity index (χ1v) is 7.79. The molecule has 27 heavy (non-hydrogen) atoms. The number of nitrogens with one attached hydrogen (secondary N) is 2. The van der Waals surface area contributed by atoms with E-state index >= 15 is 0 Å². The monoisotopic (exact) mass is 406 g/mol. The molecule has 9 heteroatoms. The molecule has 0 fully saturated rings. The van der Waals surface area contributed by atoms with Crippen LogP contribution in [0.5, 0.6) is 5.75 Å². The number of hydrogen-bond donors (Lipinski definition) is 2. The number of amides is 1. The van der Waals surface area contributed by atoms with E-state index in [1.165, 1.54) is 30.3 Å². The molecule has 0 aromatic heterocycles. The van der Waals surface area contributed by atoms with E-state index in [0.717, 1.165) is 18.2 Å². The summed E-state index contributed by atoms with van der Waals surface area (Å²) < 4.78 is 57.5. The number of alkyl halides is 3. The average molecular weight is 407 g/mol. The van der Waals surface area contributed by atoms with Crippen LogP contribution in [0.15, 0.2) is 48.5 Å². The van der Waals surface area contributed by atoms with Crippen LogP contribution in [0.1, 0.15) is 17.2 Å². The van der Waals surface area contributed by atoms with E-state index in [2.05, 4.69) is 10.6 Å². The molecule has 1 atom stereocenters. The number of likely N-dealkylation sites (N-methyl/N-ethyl adjacent to an activating group) is 1. The number of halogens is 5. The highest BCUT2D eigenvalue weighted by Gasteiger charge is 2.31. The zero-order chi connectivity index (χ0) is 19.2. The lowest BCUT2D eigenvalue weighted by molar-refractivity contribution is -0.137. The molecule has 2 N–H and O–H groups in total. The molecule has 0 saturated heterocycles. The van der Waals surface area contributed by atoms with Crippen LogP contribution in [-0.4, -0.2) is 26.1 Å². The minimum atomic E-state index is -4.50. The molecule has 0 aliphatic carbocycles. The third-order valence-corrected chi connectivity index (χ3v) is 3.50. The molecule has 4 nitrogen and oxygen atoms in total. The summed E-state index contributed by atoms with van der Waals surface area (Å²) in [5.41, 5.74) is -0.589. The Bertz CT molecular complexity index is 756. The molecule has 0 aliphatic heterocycles. The first-order valence-electron chi connectivity index (χ1n) is 7.79. The maximum absolute atomic E-state index is 13.2. The van der Waals surface area contributed by atoms with Crippen molar-refractivity contribution in [2.75, 3.05) is 20.2 Å². The van der Waals surface area contributed by atoms with Crippen LogP contribution in [-0.2, 0) is 11.0 Å². The molecular weight excluding hydrogens is 388 g/mol. The Morgan fingerprint density at radius 1 is 1.15 bits per heavy atom. The molecule has 1 amide bonds. The standard InChI is InChI=1S/C18H18F4N2O2.ClH/c1-23-10-17(25)24-16(11-26-15-7-3-6-14(19)9-15)12-4-2-5-13(8-12)18(20,21)22;/h2-9,16,23H,10-11H2,1H3,(H,24,25);1H. The Kier molecular flexibility index (Phi) is 8.52. The van der Waals surface area contributed by atoms with E-state index in [1.54, 1.807) is 7.05 Å². The van der Waals surface area contributed by atoms with Crippen molar-refractivity contribution in [1.82, 2.24) is 10.6 Å². The van der Waals surface area contributed by atoms with Crippen LogP contribution >= 0.6 is 12.4 Å². The average Bonchev–Trinajstić information content (AvgIpc) is 2.58. The molecule has 0 saturated carbocycles. The van der Waals surface area contributed by atoms with Crippen LogP contribution in [0, 0.1) is 5.82 Å². The van der Waals surface area contributed by atoms with Crippen LogP contribution in [0.25, 0.3) is 0 Å². The van der Waals surface area contributed by atoms with Gasteiger partial charge in [0, 0.05) is 6.07 Å². The van der Waals surface area contributed by atoms with E-state index < -0.39 is 29.5 Å². The number of rotatable bonds is 7. The van der Waals surface area contributed by atoms with Gasteiger partial charge in [-0.1, -0.05) is 18.2 Å². The Morgan fingerprint density at radius 3 is 2.48 bits per heavy atom. The van der Waals surface area contributed by atoms with Crippen molar-refractivity contribution < 1.29 is 27.1 Å². The van der Waals surface area contributed by atoms with E-state index in [4.69, 9.17) is 4.74 Å². The number of carbonyl (C=O) groups is 1. The van der Waals surface area contributed by atoms with Gasteiger partial charge in [-0.3, -0.25) is 4.79 Å². The smallest absolute Gasteiger partial charge is 0.416 e. The molecule has 2 aromatic rings. The van der Waals surface area contributed by atoms with E-state index in [9.17, 15) is 22.4 Å². The third kappa shape index (κ3) is 7.07. The zero-order valence-electron chi connectivity index (χ0n) is 14.3. The predicted molar refractivity (Wildman–Crippen MR) is 95.4 cm³/mol. The van der Waals surface area contributed by atoms with Crippen LogP contribution in [0.3, 0.4) is 0 Å². The predicted octanol–water partition coefficient (Wildman–Crippen LogP) is 3.72. The first kappa shape index (κ1) is 22.7. The molecule has 1 unspecified atom stereocenters. The lowest BCUT2D eigenvalue weighted by atomic mass is 10.0. The Hall–Kier alpha value is -2.32. The molecule has 2 rings (SSSR count). The normalized spacial score (nSPS) is 12.0. The van der Waals surface area contributed by atoms with Crippen molar-refractivity contribution in [3.63, 3.8) is 0 Å². The van der Waals surface area contributed by atoms with Crippen LogP contribution in [0.2, 0.25) is 0 Å². The molecular formula is C18H19ClF4N2O2. The van der Waals surface area contributed by atoms with Crippen molar-refractivity contribution in [3.05, 3.63) is 65.5 Å². The summed E-state index contributed by atoms with van der Waals surface area (Å²) in [7, 11) is 1.57.